The summed E-state index contributed by atoms with van der Waals surface area (Å²) in [6.45, 7) is 0.894. The van der Waals surface area contributed by atoms with E-state index in [0.29, 0.717) is 44.1 Å². The molecule has 0 aromatic heterocycles. The first kappa shape index (κ1) is 31.8. The van der Waals surface area contributed by atoms with Crippen LogP contribution in [0.2, 0.25) is 0 Å². The molecule has 1 aliphatic heterocycles. The van der Waals surface area contributed by atoms with Crippen molar-refractivity contribution in [2.45, 2.75) is 30.9 Å². The molecule has 1 aliphatic rings. The van der Waals surface area contributed by atoms with Crippen LogP contribution in [0.3, 0.4) is 0 Å². The highest BCUT2D eigenvalue weighted by Crippen LogP contribution is 2.43. The Morgan fingerprint density at radius 1 is 0.955 bits per heavy atom. The molecule has 0 bridgehead atoms. The first-order valence-electron chi connectivity index (χ1n) is 14.4. The molecule has 2 atom stereocenters. The summed E-state index contributed by atoms with van der Waals surface area (Å²) >= 11 is 7.05. The molecule has 0 saturated carbocycles. The van der Waals surface area contributed by atoms with E-state index in [9.17, 15) is 4.79 Å². The van der Waals surface area contributed by atoms with Crippen LogP contribution in [-0.2, 0) is 22.4 Å². The molecule has 7 nitrogen and oxygen atoms in total. The molecule has 0 saturated heterocycles. The van der Waals surface area contributed by atoms with Gasteiger partial charge >= 0.3 is 0 Å². The largest absolute Gasteiger partial charge is 0.496 e. The van der Waals surface area contributed by atoms with Crippen LogP contribution in [0.5, 0.6) is 11.5 Å². The Hall–Kier alpha value is -3.66. The number of carbonyl (C=O) groups is 1. The second kappa shape index (κ2) is 14.9. The number of hydrogen-bond donors (Lipinski definition) is 2. The molecule has 0 unspecified atom stereocenters. The Kier molecular flexibility index (Phi) is 10.7. The van der Waals surface area contributed by atoms with E-state index in [2.05, 4.69) is 37.2 Å². The Balaban J connectivity index is 1.51. The lowest BCUT2D eigenvalue weighted by Crippen LogP contribution is -2.50. The summed E-state index contributed by atoms with van der Waals surface area (Å²) in [5.41, 5.74) is 2.26. The number of para-hydroxylation sites is 1. The molecule has 1 amide bonds. The van der Waals surface area contributed by atoms with Crippen LogP contribution in [-0.4, -0.2) is 49.3 Å². The van der Waals surface area contributed by atoms with E-state index in [1.54, 1.807) is 7.11 Å². The number of amides is 1. The molecule has 1 heterocycles. The maximum Gasteiger partial charge on any atom is 0.252 e. The molecule has 44 heavy (non-hydrogen) atoms. The molecule has 0 spiro atoms. The van der Waals surface area contributed by atoms with Gasteiger partial charge in [-0.2, -0.15) is 0 Å². The minimum Gasteiger partial charge on any atom is -0.496 e. The number of aliphatic imine (C=N–C) groups is 1. The third kappa shape index (κ3) is 7.52. The SMILES string of the molecule is COc1ccccc1CCNC(=O)[C@]1(Cc2ccc(Br)cc2)N=C(c2ccc(OCCCO)cc2)O[C@@H]1c1ccc(Br)cc1. The maximum absolute atomic E-state index is 14.4. The summed E-state index contributed by atoms with van der Waals surface area (Å²) in [7, 11) is 1.65. The van der Waals surface area contributed by atoms with Gasteiger partial charge in [-0.05, 0) is 77.7 Å². The van der Waals surface area contributed by atoms with Crippen LogP contribution >= 0.6 is 31.9 Å². The van der Waals surface area contributed by atoms with Gasteiger partial charge in [0.15, 0.2) is 11.6 Å². The van der Waals surface area contributed by atoms with Gasteiger partial charge in [-0.3, -0.25) is 4.79 Å². The Morgan fingerprint density at radius 2 is 1.64 bits per heavy atom. The highest BCUT2D eigenvalue weighted by molar-refractivity contribution is 9.10. The summed E-state index contributed by atoms with van der Waals surface area (Å²) in [5.74, 6) is 1.63. The highest BCUT2D eigenvalue weighted by atomic mass is 79.9. The third-order valence-electron chi connectivity index (χ3n) is 7.46. The summed E-state index contributed by atoms with van der Waals surface area (Å²) in [4.78, 5) is 19.5. The van der Waals surface area contributed by atoms with Gasteiger partial charge in [0, 0.05) is 40.5 Å². The van der Waals surface area contributed by atoms with Gasteiger partial charge in [0.25, 0.3) is 5.91 Å². The lowest BCUT2D eigenvalue weighted by Gasteiger charge is -2.31. The number of aliphatic hydroxyl groups excluding tert-OH is 1. The minimum absolute atomic E-state index is 0.0710. The molecular formula is C35H34Br2N2O5. The van der Waals surface area contributed by atoms with E-state index in [4.69, 9.17) is 24.3 Å². The number of rotatable bonds is 13. The fourth-order valence-electron chi connectivity index (χ4n) is 5.21. The first-order chi connectivity index (χ1) is 21.4. The van der Waals surface area contributed by atoms with Crippen molar-refractivity contribution in [2.75, 3.05) is 26.9 Å². The number of aliphatic hydroxyl groups is 1. The fourth-order valence-corrected chi connectivity index (χ4v) is 5.74. The van der Waals surface area contributed by atoms with Gasteiger partial charge in [0.2, 0.25) is 5.90 Å². The number of ether oxygens (including phenoxy) is 3. The molecule has 0 radical (unpaired) electrons. The molecule has 2 N–H and O–H groups in total. The molecule has 228 valence electrons. The number of carbonyl (C=O) groups excluding carboxylic acids is 1. The van der Waals surface area contributed by atoms with Crippen molar-refractivity contribution in [1.82, 2.24) is 5.32 Å². The number of halogens is 2. The monoisotopic (exact) mass is 720 g/mol. The van der Waals surface area contributed by atoms with Crippen LogP contribution < -0.4 is 14.8 Å². The smallest absolute Gasteiger partial charge is 0.252 e. The van der Waals surface area contributed by atoms with Crippen molar-refractivity contribution >= 4 is 43.7 Å². The summed E-state index contributed by atoms with van der Waals surface area (Å²) in [6, 6.07) is 31.0. The highest BCUT2D eigenvalue weighted by Gasteiger charge is 2.53. The summed E-state index contributed by atoms with van der Waals surface area (Å²) in [6.07, 6.45) is 0.799. The summed E-state index contributed by atoms with van der Waals surface area (Å²) in [5, 5.41) is 12.2. The lowest BCUT2D eigenvalue weighted by atomic mass is 9.82. The van der Waals surface area contributed by atoms with E-state index < -0.39 is 11.6 Å². The standard InChI is InChI=1S/C35H34Br2N2O5/c1-42-31-6-3-2-5-25(31)19-20-38-34(41)35(23-24-7-13-28(36)14-8-24)32(26-9-15-29(37)16-10-26)44-33(39-35)27-11-17-30(18-12-27)43-22-4-21-40/h2-3,5-18,32,40H,4,19-23H2,1H3,(H,38,41)/t32-,35-/m1/s1. The van der Waals surface area contributed by atoms with E-state index in [0.717, 1.165) is 36.9 Å². The van der Waals surface area contributed by atoms with Crippen molar-refractivity contribution in [3.8, 4) is 11.5 Å². The average molecular weight is 722 g/mol. The molecule has 4 aromatic rings. The van der Waals surface area contributed by atoms with Crippen molar-refractivity contribution in [3.63, 3.8) is 0 Å². The Labute approximate surface area is 274 Å². The van der Waals surface area contributed by atoms with Crippen LogP contribution in [0.4, 0.5) is 0 Å². The Bertz CT molecular complexity index is 1580. The van der Waals surface area contributed by atoms with Crippen LogP contribution in [0.25, 0.3) is 0 Å². The van der Waals surface area contributed by atoms with Crippen LogP contribution in [0.1, 0.15) is 34.8 Å². The maximum atomic E-state index is 14.4. The van der Waals surface area contributed by atoms with Crippen molar-refractivity contribution in [3.05, 3.63) is 128 Å². The van der Waals surface area contributed by atoms with Crippen molar-refractivity contribution < 1.29 is 24.1 Å². The molecular weight excluding hydrogens is 688 g/mol. The second-order valence-electron chi connectivity index (χ2n) is 10.5. The quantitative estimate of drug-likeness (QED) is 0.148. The average Bonchev–Trinajstić information content (AvgIpc) is 3.43. The molecule has 5 rings (SSSR count). The zero-order chi connectivity index (χ0) is 30.9. The van der Waals surface area contributed by atoms with Crippen molar-refractivity contribution in [2.24, 2.45) is 4.99 Å². The van der Waals surface area contributed by atoms with Gasteiger partial charge in [-0.1, -0.05) is 74.3 Å². The second-order valence-corrected chi connectivity index (χ2v) is 12.3. The van der Waals surface area contributed by atoms with Gasteiger partial charge in [0.05, 0.1) is 13.7 Å². The van der Waals surface area contributed by atoms with Crippen LogP contribution in [0.15, 0.2) is 111 Å². The number of nitrogens with one attached hydrogen (secondary N) is 1. The normalized spacial score (nSPS) is 17.5. The zero-order valence-electron chi connectivity index (χ0n) is 24.3. The van der Waals surface area contributed by atoms with E-state index in [-0.39, 0.29) is 12.5 Å². The third-order valence-corrected chi connectivity index (χ3v) is 8.52. The van der Waals surface area contributed by atoms with Gasteiger partial charge in [0.1, 0.15) is 11.5 Å². The fraction of sp³-hybridized carbons (Fsp3) is 0.257. The van der Waals surface area contributed by atoms with Crippen molar-refractivity contribution in [1.29, 1.82) is 0 Å². The van der Waals surface area contributed by atoms with Crippen LogP contribution in [0, 0.1) is 0 Å². The lowest BCUT2D eigenvalue weighted by molar-refractivity contribution is -0.128. The number of nitrogens with zero attached hydrogens (tertiary/aromatic N) is 1. The molecule has 9 heteroatoms. The predicted octanol–water partition coefficient (Wildman–Crippen LogP) is 6.84. The number of hydrogen-bond acceptors (Lipinski definition) is 6. The van der Waals surface area contributed by atoms with E-state index in [1.165, 1.54) is 0 Å². The van der Waals surface area contributed by atoms with Gasteiger partial charge in [-0.15, -0.1) is 0 Å². The van der Waals surface area contributed by atoms with E-state index in [1.807, 2.05) is 97.1 Å². The minimum atomic E-state index is -1.28. The predicted molar refractivity (Wildman–Crippen MR) is 178 cm³/mol. The van der Waals surface area contributed by atoms with Gasteiger partial charge in [-0.25, -0.2) is 4.99 Å². The Morgan fingerprint density at radius 3 is 2.32 bits per heavy atom. The zero-order valence-corrected chi connectivity index (χ0v) is 27.5. The number of methoxy groups -OCH3 is 1. The molecule has 0 fully saturated rings. The topological polar surface area (TPSA) is 89.4 Å². The molecule has 4 aromatic carbocycles. The van der Waals surface area contributed by atoms with E-state index >= 15 is 0 Å². The van der Waals surface area contributed by atoms with Gasteiger partial charge < -0.3 is 24.6 Å². The first-order valence-corrected chi connectivity index (χ1v) is 16.0. The summed E-state index contributed by atoms with van der Waals surface area (Å²) < 4.78 is 19.7. The molecule has 0 aliphatic carbocycles. The number of benzene rings is 4.